The van der Waals surface area contributed by atoms with Crippen molar-refractivity contribution in [2.24, 2.45) is 5.73 Å². The van der Waals surface area contributed by atoms with Gasteiger partial charge in [0.1, 0.15) is 6.04 Å². The second-order valence-electron chi connectivity index (χ2n) is 3.86. The minimum Gasteiger partial charge on any atom is -0.323 e. The van der Waals surface area contributed by atoms with Gasteiger partial charge in [-0.3, -0.25) is 4.79 Å². The first-order chi connectivity index (χ1) is 8.68. The molecule has 0 aliphatic heterocycles. The van der Waals surface area contributed by atoms with E-state index in [1.54, 1.807) is 24.3 Å². The monoisotopic (exact) mass is 260 g/mol. The Morgan fingerprint density at radius 2 is 1.67 bits per heavy atom. The van der Waals surface area contributed by atoms with Gasteiger partial charge in [0.25, 0.3) is 0 Å². The lowest BCUT2D eigenvalue weighted by molar-refractivity contribution is -0.117. The van der Waals surface area contributed by atoms with Gasteiger partial charge in [-0.2, -0.15) is 0 Å². The Kier molecular flexibility index (Phi) is 3.97. The van der Waals surface area contributed by atoms with Crippen molar-refractivity contribution in [2.45, 2.75) is 6.04 Å². The first kappa shape index (κ1) is 12.6. The van der Waals surface area contributed by atoms with Gasteiger partial charge in [-0.25, -0.2) is 0 Å². The Morgan fingerprint density at radius 3 is 2.33 bits per heavy atom. The fourth-order valence-corrected chi connectivity index (χ4v) is 1.77. The summed E-state index contributed by atoms with van der Waals surface area (Å²) in [5.41, 5.74) is 7.21. The molecule has 4 heteroatoms. The highest BCUT2D eigenvalue weighted by molar-refractivity contribution is 6.33. The molecule has 0 saturated carbocycles. The van der Waals surface area contributed by atoms with Gasteiger partial charge in [0.15, 0.2) is 0 Å². The summed E-state index contributed by atoms with van der Waals surface area (Å²) in [5.74, 6) is -0.283. The number of nitrogens with two attached hydrogens (primary N) is 1. The molecular formula is C14H13ClN2O. The number of carbonyl (C=O) groups excluding carboxylic acids is 1. The molecule has 92 valence electrons. The fraction of sp³-hybridized carbons (Fsp3) is 0.0714. The largest absolute Gasteiger partial charge is 0.323 e. The predicted molar refractivity (Wildman–Crippen MR) is 73.5 cm³/mol. The smallest absolute Gasteiger partial charge is 0.245 e. The SMILES string of the molecule is NC(C(=O)Nc1ccccc1Cl)c1ccccc1. The summed E-state index contributed by atoms with van der Waals surface area (Å²) in [6.45, 7) is 0. The first-order valence-electron chi connectivity index (χ1n) is 5.54. The summed E-state index contributed by atoms with van der Waals surface area (Å²) >= 11 is 5.96. The molecule has 2 aromatic carbocycles. The van der Waals surface area contributed by atoms with Crippen LogP contribution >= 0.6 is 11.6 Å². The van der Waals surface area contributed by atoms with E-state index in [1.165, 1.54) is 0 Å². The van der Waals surface area contributed by atoms with Crippen LogP contribution in [0.5, 0.6) is 0 Å². The van der Waals surface area contributed by atoms with Crippen molar-refractivity contribution in [1.29, 1.82) is 0 Å². The lowest BCUT2D eigenvalue weighted by atomic mass is 10.1. The Bertz CT molecular complexity index is 543. The molecule has 3 nitrogen and oxygen atoms in total. The molecule has 2 aromatic rings. The van der Waals surface area contributed by atoms with Crippen LogP contribution in [-0.2, 0) is 4.79 Å². The average molecular weight is 261 g/mol. The fourth-order valence-electron chi connectivity index (χ4n) is 1.58. The molecule has 0 spiro atoms. The van der Waals surface area contributed by atoms with Gasteiger partial charge in [-0.1, -0.05) is 54.1 Å². The van der Waals surface area contributed by atoms with Crippen molar-refractivity contribution >= 4 is 23.2 Å². The van der Waals surface area contributed by atoms with E-state index in [1.807, 2.05) is 30.3 Å². The molecule has 0 fully saturated rings. The van der Waals surface area contributed by atoms with Crippen molar-refractivity contribution in [3.05, 3.63) is 65.2 Å². The van der Waals surface area contributed by atoms with E-state index in [9.17, 15) is 4.79 Å². The Morgan fingerprint density at radius 1 is 1.06 bits per heavy atom. The number of hydrogen-bond donors (Lipinski definition) is 2. The zero-order chi connectivity index (χ0) is 13.0. The van der Waals surface area contributed by atoms with Crippen molar-refractivity contribution < 1.29 is 4.79 Å². The summed E-state index contributed by atoms with van der Waals surface area (Å²) in [7, 11) is 0. The van der Waals surface area contributed by atoms with E-state index >= 15 is 0 Å². The third-order valence-electron chi connectivity index (χ3n) is 2.57. The van der Waals surface area contributed by atoms with Crippen LogP contribution in [0, 0.1) is 0 Å². The average Bonchev–Trinajstić information content (AvgIpc) is 2.41. The van der Waals surface area contributed by atoms with Crippen molar-refractivity contribution in [3.63, 3.8) is 0 Å². The Balaban J connectivity index is 2.12. The minimum absolute atomic E-state index is 0.283. The number of amides is 1. The van der Waals surface area contributed by atoms with E-state index in [0.717, 1.165) is 5.56 Å². The van der Waals surface area contributed by atoms with E-state index < -0.39 is 6.04 Å². The molecule has 0 heterocycles. The summed E-state index contributed by atoms with van der Waals surface area (Å²) in [5, 5.41) is 3.20. The van der Waals surface area contributed by atoms with Gasteiger partial charge in [0.2, 0.25) is 5.91 Å². The highest BCUT2D eigenvalue weighted by atomic mass is 35.5. The first-order valence-corrected chi connectivity index (χ1v) is 5.92. The number of anilines is 1. The zero-order valence-corrected chi connectivity index (χ0v) is 10.4. The van der Waals surface area contributed by atoms with Crippen LogP contribution in [0.3, 0.4) is 0 Å². The molecule has 1 amide bonds. The molecule has 0 radical (unpaired) electrons. The van der Waals surface area contributed by atoms with Crippen LogP contribution < -0.4 is 11.1 Å². The summed E-state index contributed by atoms with van der Waals surface area (Å²) < 4.78 is 0. The zero-order valence-electron chi connectivity index (χ0n) is 9.64. The number of halogens is 1. The molecule has 0 aromatic heterocycles. The van der Waals surface area contributed by atoms with Gasteiger partial charge in [0.05, 0.1) is 10.7 Å². The molecule has 1 unspecified atom stereocenters. The van der Waals surface area contributed by atoms with E-state index in [-0.39, 0.29) is 5.91 Å². The van der Waals surface area contributed by atoms with Crippen LogP contribution in [0.2, 0.25) is 5.02 Å². The topological polar surface area (TPSA) is 55.1 Å². The maximum absolute atomic E-state index is 12.0. The van der Waals surface area contributed by atoms with E-state index in [0.29, 0.717) is 10.7 Å². The van der Waals surface area contributed by atoms with Crippen molar-refractivity contribution in [2.75, 3.05) is 5.32 Å². The van der Waals surface area contributed by atoms with Gasteiger partial charge in [-0.15, -0.1) is 0 Å². The van der Waals surface area contributed by atoms with Gasteiger partial charge < -0.3 is 11.1 Å². The third-order valence-corrected chi connectivity index (χ3v) is 2.90. The van der Waals surface area contributed by atoms with Crippen LogP contribution in [0.4, 0.5) is 5.69 Å². The Labute approximate surface area is 111 Å². The lowest BCUT2D eigenvalue weighted by Crippen LogP contribution is -2.27. The van der Waals surface area contributed by atoms with Crippen molar-refractivity contribution in [3.8, 4) is 0 Å². The number of rotatable bonds is 3. The Hall–Kier alpha value is -1.84. The van der Waals surface area contributed by atoms with Crippen LogP contribution in [-0.4, -0.2) is 5.91 Å². The quantitative estimate of drug-likeness (QED) is 0.891. The summed E-state index contributed by atoms with van der Waals surface area (Å²) in [6.07, 6.45) is 0. The highest BCUT2D eigenvalue weighted by Gasteiger charge is 2.16. The highest BCUT2D eigenvalue weighted by Crippen LogP contribution is 2.21. The number of nitrogens with one attached hydrogen (secondary N) is 1. The summed E-state index contributed by atoms with van der Waals surface area (Å²) in [6, 6.07) is 15.5. The van der Waals surface area contributed by atoms with Crippen LogP contribution in [0.15, 0.2) is 54.6 Å². The van der Waals surface area contributed by atoms with Gasteiger partial charge in [-0.05, 0) is 17.7 Å². The van der Waals surface area contributed by atoms with Crippen LogP contribution in [0.1, 0.15) is 11.6 Å². The number of benzene rings is 2. The third kappa shape index (κ3) is 2.88. The minimum atomic E-state index is -0.706. The molecule has 3 N–H and O–H groups in total. The standard InChI is InChI=1S/C14H13ClN2O/c15-11-8-4-5-9-12(11)17-14(18)13(16)10-6-2-1-3-7-10/h1-9,13H,16H2,(H,17,18). The van der Waals surface area contributed by atoms with E-state index in [2.05, 4.69) is 5.32 Å². The molecule has 2 rings (SSSR count). The number of hydrogen-bond acceptors (Lipinski definition) is 2. The predicted octanol–water partition coefficient (Wildman–Crippen LogP) is 2.98. The normalized spacial score (nSPS) is 11.9. The van der Waals surface area contributed by atoms with Gasteiger partial charge >= 0.3 is 0 Å². The van der Waals surface area contributed by atoms with E-state index in [4.69, 9.17) is 17.3 Å². The molecule has 0 aliphatic carbocycles. The molecule has 18 heavy (non-hydrogen) atoms. The second-order valence-corrected chi connectivity index (χ2v) is 4.26. The van der Waals surface area contributed by atoms with Crippen molar-refractivity contribution in [1.82, 2.24) is 0 Å². The molecular weight excluding hydrogens is 248 g/mol. The van der Waals surface area contributed by atoms with Gasteiger partial charge in [0, 0.05) is 0 Å². The number of para-hydroxylation sites is 1. The number of carbonyl (C=O) groups is 1. The maximum atomic E-state index is 12.0. The molecule has 0 saturated heterocycles. The molecule has 0 aliphatic rings. The molecule has 0 bridgehead atoms. The van der Waals surface area contributed by atoms with Crippen LogP contribution in [0.25, 0.3) is 0 Å². The second kappa shape index (κ2) is 5.67. The maximum Gasteiger partial charge on any atom is 0.245 e. The molecule has 1 atom stereocenters. The lowest BCUT2D eigenvalue weighted by Gasteiger charge is -2.13. The summed E-state index contributed by atoms with van der Waals surface area (Å²) in [4.78, 5) is 12.0.